The average molecular weight is 235 g/mol. The molecular weight excluding hydrogens is 217 g/mol. The highest BCUT2D eigenvalue weighted by molar-refractivity contribution is 5.32. The van der Waals surface area contributed by atoms with Gasteiger partial charge in [-0.05, 0) is 57.4 Å². The fourth-order valence-corrected chi connectivity index (χ4v) is 1.53. The van der Waals surface area contributed by atoms with E-state index in [-0.39, 0.29) is 11.2 Å². The van der Waals surface area contributed by atoms with E-state index in [9.17, 15) is 4.39 Å². The van der Waals surface area contributed by atoms with Gasteiger partial charge in [-0.1, -0.05) is 0 Å². The summed E-state index contributed by atoms with van der Waals surface area (Å²) in [5.74, 6) is 0.460. The van der Waals surface area contributed by atoms with Crippen LogP contribution in [0.3, 0.4) is 0 Å². The average Bonchev–Trinajstić information content (AvgIpc) is 2.27. The molecule has 0 aromatic heterocycles. The van der Waals surface area contributed by atoms with Crippen LogP contribution in [0.2, 0.25) is 0 Å². The van der Waals surface area contributed by atoms with E-state index in [4.69, 9.17) is 10.00 Å². The van der Waals surface area contributed by atoms with Crippen LogP contribution in [0.5, 0.6) is 5.75 Å². The van der Waals surface area contributed by atoms with Gasteiger partial charge < -0.3 is 4.74 Å². The second-order valence-electron chi connectivity index (χ2n) is 4.86. The lowest BCUT2D eigenvalue weighted by Crippen LogP contribution is -2.10. The van der Waals surface area contributed by atoms with Gasteiger partial charge in [-0.2, -0.15) is 5.26 Å². The van der Waals surface area contributed by atoms with E-state index >= 15 is 0 Å². The zero-order valence-corrected chi connectivity index (χ0v) is 10.6. The quantitative estimate of drug-likeness (QED) is 0.726. The molecule has 0 aliphatic heterocycles. The van der Waals surface area contributed by atoms with Gasteiger partial charge in [-0.15, -0.1) is 0 Å². The molecule has 0 unspecified atom stereocenters. The number of hydrogen-bond acceptors (Lipinski definition) is 2. The number of rotatable bonds is 5. The monoisotopic (exact) mass is 235 g/mol. The van der Waals surface area contributed by atoms with Crippen LogP contribution >= 0.6 is 0 Å². The molecule has 0 spiro atoms. The first-order valence-electron chi connectivity index (χ1n) is 5.75. The van der Waals surface area contributed by atoms with Crippen molar-refractivity contribution in [2.75, 3.05) is 6.61 Å². The predicted octanol–water partition coefficient (Wildman–Crippen LogP) is 3.84. The Hall–Kier alpha value is -1.56. The third kappa shape index (κ3) is 4.44. The van der Waals surface area contributed by atoms with Crippen molar-refractivity contribution in [2.45, 2.75) is 33.6 Å². The molecule has 1 aromatic carbocycles. The first-order chi connectivity index (χ1) is 7.94. The van der Waals surface area contributed by atoms with Gasteiger partial charge in [0.15, 0.2) is 0 Å². The van der Waals surface area contributed by atoms with Gasteiger partial charge in [0.2, 0.25) is 0 Å². The Balaban J connectivity index is 2.39. The van der Waals surface area contributed by atoms with E-state index in [1.165, 1.54) is 12.1 Å². The number of halogens is 1. The van der Waals surface area contributed by atoms with Crippen LogP contribution in [-0.4, -0.2) is 6.61 Å². The third-order valence-corrected chi connectivity index (χ3v) is 2.64. The standard InChI is InChI=1S/C14H18FNO/c1-11-9-12(15)5-6-13(11)17-8-4-7-14(2,3)10-16/h5-6,9H,4,7-8H2,1-3H3. The van der Waals surface area contributed by atoms with Crippen LogP contribution in [0, 0.1) is 29.5 Å². The third-order valence-electron chi connectivity index (χ3n) is 2.64. The maximum atomic E-state index is 12.8. The van der Waals surface area contributed by atoms with Gasteiger partial charge in [0.1, 0.15) is 11.6 Å². The molecule has 0 saturated heterocycles. The lowest BCUT2D eigenvalue weighted by Gasteiger charge is -2.15. The maximum Gasteiger partial charge on any atom is 0.123 e. The van der Waals surface area contributed by atoms with Crippen LogP contribution in [0.15, 0.2) is 18.2 Å². The van der Waals surface area contributed by atoms with E-state index in [1.807, 2.05) is 20.8 Å². The number of nitrogens with zero attached hydrogens (tertiary/aromatic N) is 1. The number of ether oxygens (including phenoxy) is 1. The summed E-state index contributed by atoms with van der Waals surface area (Å²) in [6, 6.07) is 6.74. The van der Waals surface area contributed by atoms with E-state index in [2.05, 4.69) is 6.07 Å². The van der Waals surface area contributed by atoms with Gasteiger partial charge in [-0.25, -0.2) is 4.39 Å². The van der Waals surface area contributed by atoms with Crippen LogP contribution in [0.25, 0.3) is 0 Å². The van der Waals surface area contributed by atoms with Crippen molar-refractivity contribution in [3.63, 3.8) is 0 Å². The van der Waals surface area contributed by atoms with Gasteiger partial charge >= 0.3 is 0 Å². The van der Waals surface area contributed by atoms with Crippen molar-refractivity contribution < 1.29 is 9.13 Å². The summed E-state index contributed by atoms with van der Waals surface area (Å²) >= 11 is 0. The van der Waals surface area contributed by atoms with Gasteiger partial charge in [0.25, 0.3) is 0 Å². The number of aryl methyl sites for hydroxylation is 1. The lowest BCUT2D eigenvalue weighted by atomic mass is 9.90. The fraction of sp³-hybridized carbons (Fsp3) is 0.500. The molecule has 0 aliphatic carbocycles. The van der Waals surface area contributed by atoms with Crippen molar-refractivity contribution >= 4 is 0 Å². The molecule has 0 bridgehead atoms. The Morgan fingerprint density at radius 3 is 2.71 bits per heavy atom. The number of benzene rings is 1. The normalized spacial score (nSPS) is 11.0. The lowest BCUT2D eigenvalue weighted by molar-refractivity contribution is 0.282. The van der Waals surface area contributed by atoms with E-state index in [1.54, 1.807) is 6.07 Å². The maximum absolute atomic E-state index is 12.8. The summed E-state index contributed by atoms with van der Waals surface area (Å²) in [5, 5.41) is 8.85. The molecule has 0 radical (unpaired) electrons. The predicted molar refractivity (Wildman–Crippen MR) is 65.3 cm³/mol. The largest absolute Gasteiger partial charge is 0.493 e. The van der Waals surface area contributed by atoms with E-state index < -0.39 is 0 Å². The molecule has 3 heteroatoms. The van der Waals surface area contributed by atoms with Crippen molar-refractivity contribution in [3.8, 4) is 11.8 Å². The summed E-state index contributed by atoms with van der Waals surface area (Å²) in [5.41, 5.74) is 0.492. The Morgan fingerprint density at radius 2 is 2.12 bits per heavy atom. The first-order valence-corrected chi connectivity index (χ1v) is 5.75. The number of hydrogen-bond donors (Lipinski definition) is 0. The van der Waals surface area contributed by atoms with E-state index in [0.717, 1.165) is 18.4 Å². The minimum Gasteiger partial charge on any atom is -0.493 e. The molecule has 0 saturated carbocycles. The van der Waals surface area contributed by atoms with Gasteiger partial charge in [0.05, 0.1) is 18.1 Å². The summed E-state index contributed by atoms with van der Waals surface area (Å²) < 4.78 is 18.4. The molecule has 0 amide bonds. The molecule has 1 aromatic rings. The topological polar surface area (TPSA) is 33.0 Å². The molecule has 0 heterocycles. The summed E-state index contributed by atoms with van der Waals surface area (Å²) in [4.78, 5) is 0. The van der Waals surface area contributed by atoms with Crippen LogP contribution in [-0.2, 0) is 0 Å². The van der Waals surface area contributed by atoms with Crippen LogP contribution in [0.1, 0.15) is 32.3 Å². The first kappa shape index (κ1) is 13.5. The Morgan fingerprint density at radius 1 is 1.41 bits per heavy atom. The van der Waals surface area contributed by atoms with Crippen LogP contribution < -0.4 is 4.74 Å². The van der Waals surface area contributed by atoms with Crippen molar-refractivity contribution in [1.29, 1.82) is 5.26 Å². The van der Waals surface area contributed by atoms with Gasteiger partial charge in [-0.3, -0.25) is 0 Å². The molecule has 17 heavy (non-hydrogen) atoms. The number of nitriles is 1. The van der Waals surface area contributed by atoms with Crippen molar-refractivity contribution in [1.82, 2.24) is 0 Å². The smallest absolute Gasteiger partial charge is 0.123 e. The second-order valence-corrected chi connectivity index (χ2v) is 4.86. The fourth-order valence-electron chi connectivity index (χ4n) is 1.53. The minimum absolute atomic E-state index is 0.250. The minimum atomic E-state index is -0.304. The second kappa shape index (κ2) is 5.67. The zero-order valence-electron chi connectivity index (χ0n) is 10.6. The van der Waals surface area contributed by atoms with Crippen LogP contribution in [0.4, 0.5) is 4.39 Å². The molecule has 92 valence electrons. The van der Waals surface area contributed by atoms with Crippen molar-refractivity contribution in [2.24, 2.45) is 5.41 Å². The summed E-state index contributed by atoms with van der Waals surface area (Å²) in [7, 11) is 0. The molecule has 1 rings (SSSR count). The molecule has 2 nitrogen and oxygen atoms in total. The molecule has 0 atom stereocenters. The molecule has 0 aliphatic rings. The highest BCUT2D eigenvalue weighted by Crippen LogP contribution is 2.22. The highest BCUT2D eigenvalue weighted by Gasteiger charge is 2.15. The molecule has 0 fully saturated rings. The highest BCUT2D eigenvalue weighted by atomic mass is 19.1. The summed E-state index contributed by atoms with van der Waals surface area (Å²) in [6.07, 6.45) is 1.61. The zero-order chi connectivity index (χ0) is 12.9. The Labute approximate surface area is 102 Å². The molecule has 0 N–H and O–H groups in total. The molecular formula is C14H18FNO. The SMILES string of the molecule is Cc1cc(F)ccc1OCCCC(C)(C)C#N. The Bertz CT molecular complexity index is 421. The van der Waals surface area contributed by atoms with Crippen molar-refractivity contribution in [3.05, 3.63) is 29.6 Å². The van der Waals surface area contributed by atoms with E-state index in [0.29, 0.717) is 12.4 Å². The summed E-state index contributed by atoms with van der Waals surface area (Å²) in [6.45, 7) is 6.20. The van der Waals surface area contributed by atoms with Gasteiger partial charge in [0, 0.05) is 0 Å². The Kier molecular flexibility index (Phi) is 4.51.